The van der Waals surface area contributed by atoms with Crippen molar-refractivity contribution >= 4 is 40.3 Å². The van der Waals surface area contributed by atoms with Crippen molar-refractivity contribution in [3.05, 3.63) is 46.7 Å². The molecule has 4 aromatic rings. The molecule has 9 nitrogen and oxygen atoms in total. The van der Waals surface area contributed by atoms with Gasteiger partial charge in [0.1, 0.15) is 6.54 Å². The summed E-state index contributed by atoms with van der Waals surface area (Å²) >= 11 is 1.53. The number of nitrogens with zero attached hydrogens (tertiary/aromatic N) is 5. The van der Waals surface area contributed by atoms with E-state index in [0.29, 0.717) is 11.3 Å². The molecule has 3 N–H and O–H groups in total. The first kappa shape index (κ1) is 16.0. The molecule has 10 heteroatoms. The van der Waals surface area contributed by atoms with Crippen LogP contribution in [0.4, 0.5) is 5.82 Å². The number of carbonyl (C=O) groups is 1. The molecule has 0 atom stereocenters. The summed E-state index contributed by atoms with van der Waals surface area (Å²) in [4.78, 5) is 17.8. The molecule has 3 aromatic heterocycles. The van der Waals surface area contributed by atoms with Gasteiger partial charge in [0.25, 0.3) is 5.91 Å². The molecule has 0 saturated carbocycles. The standard InChI is InChI=1S/C16H13N7O2S/c17-15-14(21-25-22-15)16-19-11-5-1-2-6-12(11)23(16)9-13(24)20-18-8-10-4-3-7-26-10/h1-8H,9H2,(H2,17,22)(H,20,24)/b18-8-. The van der Waals surface area contributed by atoms with Crippen molar-refractivity contribution < 1.29 is 9.42 Å². The van der Waals surface area contributed by atoms with Crippen LogP contribution in [0.15, 0.2) is 51.5 Å². The molecule has 0 fully saturated rings. The Balaban J connectivity index is 1.62. The fourth-order valence-electron chi connectivity index (χ4n) is 2.48. The van der Waals surface area contributed by atoms with E-state index in [-0.39, 0.29) is 24.0 Å². The van der Waals surface area contributed by atoms with Gasteiger partial charge in [-0.05, 0) is 33.9 Å². The van der Waals surface area contributed by atoms with Crippen LogP contribution in [0, 0.1) is 0 Å². The Labute approximate surface area is 151 Å². The molecule has 0 aliphatic rings. The first-order chi connectivity index (χ1) is 12.7. The molecule has 0 radical (unpaired) electrons. The Morgan fingerprint density at radius 2 is 2.19 bits per heavy atom. The van der Waals surface area contributed by atoms with E-state index >= 15 is 0 Å². The van der Waals surface area contributed by atoms with Crippen LogP contribution in [0.1, 0.15) is 4.88 Å². The molecule has 0 bridgehead atoms. The minimum Gasteiger partial charge on any atom is -0.379 e. The van der Waals surface area contributed by atoms with Crippen LogP contribution in [0.25, 0.3) is 22.6 Å². The minimum absolute atomic E-state index is 0.00999. The maximum Gasteiger partial charge on any atom is 0.260 e. The van der Waals surface area contributed by atoms with E-state index in [9.17, 15) is 4.79 Å². The highest BCUT2D eigenvalue weighted by Crippen LogP contribution is 2.26. The number of thiophene rings is 1. The van der Waals surface area contributed by atoms with E-state index in [4.69, 9.17) is 5.73 Å². The molecule has 0 spiro atoms. The number of anilines is 1. The lowest BCUT2D eigenvalue weighted by Gasteiger charge is -2.06. The van der Waals surface area contributed by atoms with Crippen LogP contribution >= 0.6 is 11.3 Å². The molecule has 1 aromatic carbocycles. The zero-order valence-electron chi connectivity index (χ0n) is 13.4. The number of rotatable bonds is 5. The van der Waals surface area contributed by atoms with Crippen molar-refractivity contribution in [1.29, 1.82) is 0 Å². The van der Waals surface area contributed by atoms with E-state index in [1.54, 1.807) is 10.8 Å². The normalized spacial score (nSPS) is 11.4. The lowest BCUT2D eigenvalue weighted by Crippen LogP contribution is -2.23. The maximum atomic E-state index is 12.3. The average Bonchev–Trinajstić information content (AvgIpc) is 3.36. The summed E-state index contributed by atoms with van der Waals surface area (Å²) in [5.74, 6) is 0.206. The van der Waals surface area contributed by atoms with Crippen LogP contribution < -0.4 is 11.2 Å². The Kier molecular flexibility index (Phi) is 4.15. The molecular weight excluding hydrogens is 354 g/mol. The van der Waals surface area contributed by atoms with E-state index in [1.807, 2.05) is 41.8 Å². The lowest BCUT2D eigenvalue weighted by molar-refractivity contribution is -0.121. The largest absolute Gasteiger partial charge is 0.379 e. The number of amides is 1. The predicted octanol–water partition coefficient (Wildman–Crippen LogP) is 1.88. The third kappa shape index (κ3) is 3.05. The summed E-state index contributed by atoms with van der Waals surface area (Å²) < 4.78 is 6.36. The number of nitrogens with one attached hydrogen (secondary N) is 1. The van der Waals surface area contributed by atoms with Gasteiger partial charge in [0, 0.05) is 4.88 Å². The van der Waals surface area contributed by atoms with Crippen LogP contribution in [0.2, 0.25) is 0 Å². The number of hydrazone groups is 1. The maximum absolute atomic E-state index is 12.3. The highest BCUT2D eigenvalue weighted by Gasteiger charge is 2.20. The van der Waals surface area contributed by atoms with Gasteiger partial charge in [0.2, 0.25) is 0 Å². The molecule has 0 aliphatic carbocycles. The SMILES string of the molecule is Nc1nonc1-c1nc2ccccc2n1CC(=O)N/N=C\c1cccs1. The zero-order chi connectivity index (χ0) is 17.9. The van der Waals surface area contributed by atoms with E-state index < -0.39 is 0 Å². The first-order valence-corrected chi connectivity index (χ1v) is 8.49. The van der Waals surface area contributed by atoms with E-state index in [0.717, 1.165) is 10.4 Å². The van der Waals surface area contributed by atoms with Crippen LogP contribution in [0.3, 0.4) is 0 Å². The first-order valence-electron chi connectivity index (χ1n) is 7.61. The smallest absolute Gasteiger partial charge is 0.260 e. The third-order valence-electron chi connectivity index (χ3n) is 3.61. The van der Waals surface area contributed by atoms with E-state index in [2.05, 4.69) is 30.5 Å². The molecule has 4 rings (SSSR count). The summed E-state index contributed by atoms with van der Waals surface area (Å²) in [5, 5.41) is 13.3. The van der Waals surface area contributed by atoms with Gasteiger partial charge in [0.05, 0.1) is 17.2 Å². The van der Waals surface area contributed by atoms with Crippen LogP contribution in [0.5, 0.6) is 0 Å². The Morgan fingerprint density at radius 1 is 1.31 bits per heavy atom. The van der Waals surface area contributed by atoms with Gasteiger partial charge in [-0.2, -0.15) is 5.10 Å². The lowest BCUT2D eigenvalue weighted by atomic mass is 10.3. The number of carbonyl (C=O) groups excluding carboxylic acids is 1. The second kappa shape index (κ2) is 6.76. The molecule has 0 saturated heterocycles. The third-order valence-corrected chi connectivity index (χ3v) is 4.41. The van der Waals surface area contributed by atoms with Gasteiger partial charge in [-0.25, -0.2) is 15.0 Å². The second-order valence-electron chi connectivity index (χ2n) is 5.32. The van der Waals surface area contributed by atoms with Gasteiger partial charge in [-0.15, -0.1) is 11.3 Å². The second-order valence-corrected chi connectivity index (χ2v) is 6.30. The Bertz CT molecular complexity index is 1080. The quantitative estimate of drug-likeness (QED) is 0.410. The summed E-state index contributed by atoms with van der Waals surface area (Å²) in [6.07, 6.45) is 1.59. The topological polar surface area (TPSA) is 124 Å². The molecule has 3 heterocycles. The zero-order valence-corrected chi connectivity index (χ0v) is 14.2. The Hall–Kier alpha value is -3.53. The van der Waals surface area contributed by atoms with Crippen molar-refractivity contribution in [2.75, 3.05) is 5.73 Å². The van der Waals surface area contributed by atoms with Gasteiger partial charge >= 0.3 is 0 Å². The van der Waals surface area contributed by atoms with Gasteiger partial charge in [0.15, 0.2) is 17.3 Å². The number of aromatic nitrogens is 4. The Morgan fingerprint density at radius 3 is 2.96 bits per heavy atom. The number of nitrogen functional groups attached to an aromatic ring is 1. The van der Waals surface area contributed by atoms with Crippen molar-refractivity contribution in [1.82, 2.24) is 25.3 Å². The number of benzene rings is 1. The van der Waals surface area contributed by atoms with E-state index in [1.165, 1.54) is 11.3 Å². The van der Waals surface area contributed by atoms with Gasteiger partial charge in [-0.1, -0.05) is 18.2 Å². The number of hydrogen-bond acceptors (Lipinski definition) is 8. The van der Waals surface area contributed by atoms with Gasteiger partial charge in [-0.3, -0.25) is 4.79 Å². The fraction of sp³-hybridized carbons (Fsp3) is 0.0625. The van der Waals surface area contributed by atoms with Crippen molar-refractivity contribution in [3.8, 4) is 11.5 Å². The predicted molar refractivity (Wildman–Crippen MR) is 97.5 cm³/mol. The molecule has 26 heavy (non-hydrogen) atoms. The average molecular weight is 367 g/mol. The summed E-state index contributed by atoms with van der Waals surface area (Å²) in [6, 6.07) is 11.2. The number of imidazole rings is 1. The molecular formula is C16H13N7O2S. The minimum atomic E-state index is -0.308. The number of fused-ring (bicyclic) bond motifs is 1. The van der Waals surface area contributed by atoms with Crippen LogP contribution in [-0.2, 0) is 11.3 Å². The molecule has 1 amide bonds. The molecule has 0 aliphatic heterocycles. The van der Waals surface area contributed by atoms with Crippen molar-refractivity contribution in [2.45, 2.75) is 6.54 Å². The summed E-state index contributed by atoms with van der Waals surface area (Å²) in [6.45, 7) is -0.00999. The fourth-order valence-corrected chi connectivity index (χ4v) is 3.06. The summed E-state index contributed by atoms with van der Waals surface area (Å²) in [5.41, 5.74) is 10.1. The summed E-state index contributed by atoms with van der Waals surface area (Å²) in [7, 11) is 0. The number of nitrogens with two attached hydrogens (primary N) is 1. The number of para-hydroxylation sites is 2. The molecule has 0 unspecified atom stereocenters. The monoisotopic (exact) mass is 367 g/mol. The van der Waals surface area contributed by atoms with Crippen molar-refractivity contribution in [2.24, 2.45) is 5.10 Å². The molecule has 130 valence electrons. The van der Waals surface area contributed by atoms with Gasteiger partial charge < -0.3 is 10.3 Å². The highest BCUT2D eigenvalue weighted by molar-refractivity contribution is 7.11. The number of hydrogen-bond donors (Lipinski definition) is 2. The van der Waals surface area contributed by atoms with Crippen LogP contribution in [-0.4, -0.2) is 32.0 Å². The highest BCUT2D eigenvalue weighted by atomic mass is 32.1. The van der Waals surface area contributed by atoms with Crippen molar-refractivity contribution in [3.63, 3.8) is 0 Å².